The van der Waals surface area contributed by atoms with Crippen molar-refractivity contribution in [2.75, 3.05) is 0 Å². The van der Waals surface area contributed by atoms with Crippen LogP contribution in [0.5, 0.6) is 0 Å². The van der Waals surface area contributed by atoms with Crippen molar-refractivity contribution in [2.45, 2.75) is 12.5 Å². The number of halogens is 2. The number of benzene rings is 1. The van der Waals surface area contributed by atoms with Gasteiger partial charge in [-0.25, -0.2) is 9.37 Å². The first-order valence-corrected chi connectivity index (χ1v) is 7.67. The molecule has 2 aromatic heterocycles. The molecule has 4 nitrogen and oxygen atoms in total. The largest absolute Gasteiger partial charge is 0.297 e. The van der Waals surface area contributed by atoms with E-state index in [2.05, 4.69) is 26.3 Å². The molecule has 0 saturated heterocycles. The van der Waals surface area contributed by atoms with E-state index in [0.717, 1.165) is 10.7 Å². The molecule has 0 radical (unpaired) electrons. The second-order valence-electron chi connectivity index (χ2n) is 4.39. The molecule has 1 unspecified atom stereocenters. The van der Waals surface area contributed by atoms with Gasteiger partial charge in [0.05, 0.1) is 16.2 Å². The Balaban J connectivity index is 1.90. The number of hydrogen-bond donors (Lipinski definition) is 2. The van der Waals surface area contributed by atoms with Crippen molar-refractivity contribution < 1.29 is 4.39 Å². The van der Waals surface area contributed by atoms with Crippen LogP contribution in [-0.4, -0.2) is 9.38 Å². The Hall–Kier alpha value is -1.28. The average molecular weight is 355 g/mol. The molecular formula is C13H12BrFN4S. The lowest BCUT2D eigenvalue weighted by molar-refractivity contribution is 0.505. The van der Waals surface area contributed by atoms with Gasteiger partial charge in [-0.1, -0.05) is 12.1 Å². The van der Waals surface area contributed by atoms with Gasteiger partial charge < -0.3 is 0 Å². The lowest BCUT2D eigenvalue weighted by Crippen LogP contribution is -2.30. The maximum Gasteiger partial charge on any atom is 0.193 e. The normalized spacial score (nSPS) is 12.9. The summed E-state index contributed by atoms with van der Waals surface area (Å²) in [6.07, 6.45) is 4.41. The van der Waals surface area contributed by atoms with Gasteiger partial charge in [0.2, 0.25) is 0 Å². The van der Waals surface area contributed by atoms with E-state index in [0.29, 0.717) is 16.5 Å². The molecule has 104 valence electrons. The highest BCUT2D eigenvalue weighted by Gasteiger charge is 2.18. The zero-order chi connectivity index (χ0) is 14.1. The average Bonchev–Trinajstić information content (AvgIpc) is 3.00. The van der Waals surface area contributed by atoms with Gasteiger partial charge in [0, 0.05) is 29.8 Å². The first-order chi connectivity index (χ1) is 9.69. The van der Waals surface area contributed by atoms with Crippen molar-refractivity contribution in [2.24, 2.45) is 5.84 Å². The van der Waals surface area contributed by atoms with Crippen molar-refractivity contribution in [3.05, 3.63) is 57.5 Å². The molecule has 0 spiro atoms. The van der Waals surface area contributed by atoms with Gasteiger partial charge in [-0.05, 0) is 22.0 Å². The van der Waals surface area contributed by atoms with Crippen LogP contribution in [0, 0.1) is 5.82 Å². The van der Waals surface area contributed by atoms with E-state index < -0.39 is 0 Å². The lowest BCUT2D eigenvalue weighted by atomic mass is 10.0. The second-order valence-corrected chi connectivity index (χ2v) is 6.12. The van der Waals surface area contributed by atoms with Crippen LogP contribution in [-0.2, 0) is 6.42 Å². The molecule has 0 amide bonds. The minimum Gasteiger partial charge on any atom is -0.297 e. The van der Waals surface area contributed by atoms with Gasteiger partial charge in [-0.2, -0.15) is 0 Å². The van der Waals surface area contributed by atoms with Crippen LogP contribution in [0.15, 0.2) is 40.4 Å². The van der Waals surface area contributed by atoms with Gasteiger partial charge in [0.1, 0.15) is 5.82 Å². The molecule has 0 fully saturated rings. The van der Waals surface area contributed by atoms with E-state index in [-0.39, 0.29) is 11.9 Å². The van der Waals surface area contributed by atoms with Crippen LogP contribution < -0.4 is 11.3 Å². The quantitative estimate of drug-likeness (QED) is 0.559. The van der Waals surface area contributed by atoms with E-state index in [1.165, 1.54) is 0 Å². The molecule has 3 rings (SSSR count). The Morgan fingerprint density at radius 2 is 2.35 bits per heavy atom. The highest BCUT2D eigenvalue weighted by molar-refractivity contribution is 9.10. The summed E-state index contributed by atoms with van der Waals surface area (Å²) >= 11 is 4.75. The van der Waals surface area contributed by atoms with Gasteiger partial charge in [-0.15, -0.1) is 11.3 Å². The van der Waals surface area contributed by atoms with Crippen LogP contribution in [0.25, 0.3) is 4.96 Å². The standard InChI is InChI=1S/C13H12BrFN4S/c14-10-3-1-2-9(12(10)15)11(18-16)6-8-7-19-4-5-20-13(19)17-8/h1-5,7,11,18H,6,16H2. The Labute approximate surface area is 127 Å². The molecule has 0 aliphatic carbocycles. The highest BCUT2D eigenvalue weighted by atomic mass is 79.9. The van der Waals surface area contributed by atoms with Crippen molar-refractivity contribution >= 4 is 32.2 Å². The molecular weight excluding hydrogens is 343 g/mol. The van der Waals surface area contributed by atoms with Crippen molar-refractivity contribution in [1.82, 2.24) is 14.8 Å². The van der Waals surface area contributed by atoms with Crippen LogP contribution in [0.1, 0.15) is 17.3 Å². The number of nitrogens with one attached hydrogen (secondary N) is 1. The SMILES string of the molecule is NNC(Cc1cn2ccsc2n1)c1cccc(Br)c1F. The molecule has 1 aromatic carbocycles. The lowest BCUT2D eigenvalue weighted by Gasteiger charge is -2.16. The van der Waals surface area contributed by atoms with E-state index in [9.17, 15) is 4.39 Å². The number of fused-ring (bicyclic) bond motifs is 1. The predicted octanol–water partition coefficient (Wildman–Crippen LogP) is 3.04. The molecule has 0 bridgehead atoms. The Bertz CT molecular complexity index is 710. The molecule has 0 aliphatic heterocycles. The number of rotatable bonds is 4. The molecule has 0 aliphatic rings. The molecule has 1 atom stereocenters. The zero-order valence-electron chi connectivity index (χ0n) is 10.4. The van der Waals surface area contributed by atoms with Crippen LogP contribution >= 0.6 is 27.3 Å². The molecule has 0 saturated carbocycles. The monoisotopic (exact) mass is 354 g/mol. The van der Waals surface area contributed by atoms with Gasteiger partial charge in [-0.3, -0.25) is 15.7 Å². The van der Waals surface area contributed by atoms with E-state index in [1.54, 1.807) is 29.5 Å². The molecule has 2 heterocycles. The summed E-state index contributed by atoms with van der Waals surface area (Å²) in [5, 5.41) is 1.97. The number of nitrogens with two attached hydrogens (primary N) is 1. The molecule has 20 heavy (non-hydrogen) atoms. The Morgan fingerprint density at radius 3 is 3.10 bits per heavy atom. The maximum atomic E-state index is 14.1. The summed E-state index contributed by atoms with van der Waals surface area (Å²) in [7, 11) is 0. The summed E-state index contributed by atoms with van der Waals surface area (Å²) < 4.78 is 16.5. The first kappa shape index (κ1) is 13.7. The fourth-order valence-corrected chi connectivity index (χ4v) is 3.23. The molecule has 7 heteroatoms. The third-order valence-electron chi connectivity index (χ3n) is 3.11. The molecule has 3 aromatic rings. The minimum atomic E-state index is -0.322. The summed E-state index contributed by atoms with van der Waals surface area (Å²) in [6, 6.07) is 4.86. The van der Waals surface area contributed by atoms with E-state index in [4.69, 9.17) is 5.84 Å². The number of hydrogen-bond acceptors (Lipinski definition) is 4. The molecule has 3 N–H and O–H groups in total. The van der Waals surface area contributed by atoms with Gasteiger partial charge in [0.25, 0.3) is 0 Å². The van der Waals surface area contributed by atoms with Gasteiger partial charge in [0.15, 0.2) is 4.96 Å². The van der Waals surface area contributed by atoms with Crippen molar-refractivity contribution in [1.29, 1.82) is 0 Å². The number of aromatic nitrogens is 2. The Kier molecular flexibility index (Phi) is 3.84. The van der Waals surface area contributed by atoms with Crippen molar-refractivity contribution in [3.63, 3.8) is 0 Å². The van der Waals surface area contributed by atoms with Crippen LogP contribution in [0.3, 0.4) is 0 Å². The smallest absolute Gasteiger partial charge is 0.193 e. The van der Waals surface area contributed by atoms with E-state index in [1.807, 2.05) is 22.2 Å². The van der Waals surface area contributed by atoms with E-state index >= 15 is 0 Å². The second kappa shape index (κ2) is 5.61. The summed E-state index contributed by atoms with van der Waals surface area (Å²) in [5.41, 5.74) is 4.07. The number of hydrazine groups is 1. The number of imidazole rings is 1. The van der Waals surface area contributed by atoms with Crippen molar-refractivity contribution in [3.8, 4) is 0 Å². The fraction of sp³-hybridized carbons (Fsp3) is 0.154. The maximum absolute atomic E-state index is 14.1. The Morgan fingerprint density at radius 1 is 1.50 bits per heavy atom. The predicted molar refractivity (Wildman–Crippen MR) is 80.9 cm³/mol. The summed E-state index contributed by atoms with van der Waals surface area (Å²) in [5.74, 6) is 5.28. The highest BCUT2D eigenvalue weighted by Crippen LogP contribution is 2.26. The van der Waals surface area contributed by atoms with Gasteiger partial charge >= 0.3 is 0 Å². The minimum absolute atomic E-state index is 0.295. The number of thiazole rings is 1. The fourth-order valence-electron chi connectivity index (χ4n) is 2.13. The zero-order valence-corrected chi connectivity index (χ0v) is 12.8. The third kappa shape index (κ3) is 2.49. The third-order valence-corrected chi connectivity index (χ3v) is 4.50. The first-order valence-electron chi connectivity index (χ1n) is 6.00. The summed E-state index contributed by atoms with van der Waals surface area (Å²) in [4.78, 5) is 5.41. The van der Waals surface area contributed by atoms with Crippen LogP contribution in [0.2, 0.25) is 0 Å². The van der Waals surface area contributed by atoms with Crippen LogP contribution in [0.4, 0.5) is 4.39 Å². The summed E-state index contributed by atoms with van der Waals surface area (Å²) in [6.45, 7) is 0. The topological polar surface area (TPSA) is 55.3 Å². The number of nitrogens with zero attached hydrogens (tertiary/aromatic N) is 2.